The Labute approximate surface area is 88.7 Å². The van der Waals surface area contributed by atoms with Crippen molar-refractivity contribution in [2.45, 2.75) is 25.9 Å². The zero-order valence-electron chi connectivity index (χ0n) is 8.60. The largest absolute Gasteiger partial charge is 0.489 e. The highest BCUT2D eigenvalue weighted by atomic mass is 16.5. The summed E-state index contributed by atoms with van der Waals surface area (Å²) in [5.41, 5.74) is 1.15. The number of hydrogen-bond acceptors (Lipinski definition) is 2. The molecule has 2 atom stereocenters. The molecule has 1 aliphatic heterocycles. The van der Waals surface area contributed by atoms with Gasteiger partial charge in [0, 0.05) is 0 Å². The number of fused-ring (bicyclic) bond motifs is 1. The molecule has 0 bridgehead atoms. The van der Waals surface area contributed by atoms with Crippen LogP contribution in [0.2, 0.25) is 0 Å². The van der Waals surface area contributed by atoms with Gasteiger partial charge in [-0.1, -0.05) is 18.2 Å². The van der Waals surface area contributed by atoms with Crippen LogP contribution < -0.4 is 4.74 Å². The molecule has 3 heteroatoms. The fourth-order valence-electron chi connectivity index (χ4n) is 1.85. The minimum Gasteiger partial charge on any atom is -0.489 e. The highest BCUT2D eigenvalue weighted by Crippen LogP contribution is 2.29. The van der Waals surface area contributed by atoms with Crippen molar-refractivity contribution in [2.75, 3.05) is 0 Å². The summed E-state index contributed by atoms with van der Waals surface area (Å²) in [5, 5.41) is 10.7. The predicted octanol–water partition coefficient (Wildman–Crippen LogP) is 1.97. The highest BCUT2D eigenvalue weighted by molar-refractivity contribution is 5.70. The second-order valence-corrected chi connectivity index (χ2v) is 3.91. The summed E-state index contributed by atoms with van der Waals surface area (Å²) < 4.78 is 5.63. The van der Waals surface area contributed by atoms with Crippen molar-refractivity contribution in [3.8, 4) is 5.75 Å². The number of para-hydroxylation sites is 1. The minimum absolute atomic E-state index is 0.259. The summed E-state index contributed by atoms with van der Waals surface area (Å²) in [4.78, 5) is 10.7. The van der Waals surface area contributed by atoms with E-state index in [1.807, 2.05) is 24.3 Å². The summed E-state index contributed by atoms with van der Waals surface area (Å²) in [6.45, 7) is 1.63. The lowest BCUT2D eigenvalue weighted by Crippen LogP contribution is -2.33. The maximum absolute atomic E-state index is 10.7. The van der Waals surface area contributed by atoms with Gasteiger partial charge in [0.1, 0.15) is 11.9 Å². The van der Waals surface area contributed by atoms with Crippen LogP contribution in [0, 0.1) is 5.92 Å². The molecule has 2 rings (SSSR count). The molecule has 1 aromatic rings. The van der Waals surface area contributed by atoms with E-state index in [-0.39, 0.29) is 6.10 Å². The van der Waals surface area contributed by atoms with Crippen molar-refractivity contribution in [1.29, 1.82) is 0 Å². The predicted molar refractivity (Wildman–Crippen MR) is 54.0 cm³/mol. The third-order valence-electron chi connectivity index (χ3n) is 2.88. The summed E-state index contributed by atoms with van der Waals surface area (Å²) in [6, 6.07) is 7.74. The lowest BCUT2D eigenvalue weighted by molar-refractivity contribution is -0.150. The molecular formula is C12H13O3. The van der Waals surface area contributed by atoms with E-state index in [0.717, 1.165) is 24.2 Å². The first kappa shape index (κ1) is 10.0. The molecule has 1 aliphatic rings. The van der Waals surface area contributed by atoms with Gasteiger partial charge in [-0.2, -0.15) is 0 Å². The van der Waals surface area contributed by atoms with E-state index < -0.39 is 11.9 Å². The van der Waals surface area contributed by atoms with Crippen molar-refractivity contribution in [3.63, 3.8) is 0 Å². The van der Waals surface area contributed by atoms with Gasteiger partial charge in [-0.3, -0.25) is 0 Å². The molecule has 2 unspecified atom stereocenters. The number of aryl methyl sites for hydroxylation is 1. The molecule has 1 radical (unpaired) electrons. The van der Waals surface area contributed by atoms with Gasteiger partial charge in [0.15, 0.2) is 0 Å². The third kappa shape index (κ3) is 1.96. The third-order valence-corrected chi connectivity index (χ3v) is 2.88. The van der Waals surface area contributed by atoms with E-state index in [4.69, 9.17) is 4.74 Å². The van der Waals surface area contributed by atoms with E-state index in [0.29, 0.717) is 0 Å². The molecule has 0 saturated carbocycles. The smallest absolute Gasteiger partial charge is 0.362 e. The van der Waals surface area contributed by atoms with Crippen molar-refractivity contribution < 1.29 is 14.6 Å². The second kappa shape index (κ2) is 3.93. The van der Waals surface area contributed by atoms with Crippen LogP contribution in [0.4, 0.5) is 0 Å². The standard InChI is InChI=1S/C12H13O3/c1-8(12(13)14)10-7-6-9-4-2-3-5-11(9)15-10/h2-5,8,10H,6-7H2,1H3. The number of hydrogen-bond donors (Lipinski definition) is 0. The molecule has 79 valence electrons. The SMILES string of the molecule is CC(C([O])=O)C1CCc2ccccc2O1. The first-order chi connectivity index (χ1) is 7.18. The van der Waals surface area contributed by atoms with Gasteiger partial charge in [0.2, 0.25) is 0 Å². The maximum atomic E-state index is 10.7. The van der Waals surface area contributed by atoms with Gasteiger partial charge in [0.05, 0.1) is 5.92 Å². The van der Waals surface area contributed by atoms with E-state index >= 15 is 0 Å². The molecule has 15 heavy (non-hydrogen) atoms. The topological polar surface area (TPSA) is 46.2 Å². The maximum Gasteiger partial charge on any atom is 0.362 e. The zero-order valence-corrected chi connectivity index (χ0v) is 8.60. The summed E-state index contributed by atoms with van der Waals surface area (Å²) >= 11 is 0. The van der Waals surface area contributed by atoms with Crippen LogP contribution in [0.5, 0.6) is 5.75 Å². The zero-order chi connectivity index (χ0) is 10.8. The van der Waals surface area contributed by atoms with Crippen LogP contribution in [-0.4, -0.2) is 12.1 Å². The Morgan fingerprint density at radius 1 is 1.47 bits per heavy atom. The highest BCUT2D eigenvalue weighted by Gasteiger charge is 2.29. The van der Waals surface area contributed by atoms with Crippen LogP contribution in [-0.2, 0) is 16.3 Å². The van der Waals surface area contributed by atoms with Crippen LogP contribution >= 0.6 is 0 Å². The average molecular weight is 205 g/mol. The quantitative estimate of drug-likeness (QED) is 0.741. The fraction of sp³-hybridized carbons (Fsp3) is 0.417. The van der Waals surface area contributed by atoms with Crippen molar-refractivity contribution in [2.24, 2.45) is 5.92 Å². The van der Waals surface area contributed by atoms with Crippen LogP contribution in [0.25, 0.3) is 0 Å². The molecule has 3 nitrogen and oxygen atoms in total. The fourth-order valence-corrected chi connectivity index (χ4v) is 1.85. The lowest BCUT2D eigenvalue weighted by atomic mass is 9.94. The van der Waals surface area contributed by atoms with Gasteiger partial charge in [-0.15, -0.1) is 0 Å². The molecule has 0 N–H and O–H groups in total. The summed E-state index contributed by atoms with van der Waals surface area (Å²) in [7, 11) is 0. The average Bonchev–Trinajstić information content (AvgIpc) is 2.27. The molecule has 0 spiro atoms. The Bertz CT molecular complexity index is 373. The Morgan fingerprint density at radius 3 is 2.93 bits per heavy atom. The number of benzene rings is 1. The minimum atomic E-state index is -1.04. The summed E-state index contributed by atoms with van der Waals surface area (Å²) in [6.07, 6.45) is 1.36. The molecule has 1 aromatic carbocycles. The van der Waals surface area contributed by atoms with Gasteiger partial charge in [0.25, 0.3) is 0 Å². The van der Waals surface area contributed by atoms with Crippen LogP contribution in [0.15, 0.2) is 24.3 Å². The van der Waals surface area contributed by atoms with Gasteiger partial charge in [-0.05, 0) is 31.4 Å². The van der Waals surface area contributed by atoms with Gasteiger partial charge in [-0.25, -0.2) is 9.90 Å². The molecule has 0 aromatic heterocycles. The molecule has 0 fully saturated rings. The van der Waals surface area contributed by atoms with E-state index in [9.17, 15) is 9.90 Å². The van der Waals surface area contributed by atoms with E-state index in [2.05, 4.69) is 0 Å². The molecule has 0 aliphatic carbocycles. The van der Waals surface area contributed by atoms with Gasteiger partial charge < -0.3 is 4.74 Å². The van der Waals surface area contributed by atoms with E-state index in [1.165, 1.54) is 0 Å². The van der Waals surface area contributed by atoms with Crippen LogP contribution in [0.3, 0.4) is 0 Å². The Hall–Kier alpha value is -1.51. The molecule has 1 heterocycles. The first-order valence-corrected chi connectivity index (χ1v) is 5.14. The summed E-state index contributed by atoms with van der Waals surface area (Å²) in [5.74, 6) is -0.792. The molecule has 0 amide bonds. The van der Waals surface area contributed by atoms with E-state index in [1.54, 1.807) is 6.92 Å². The molecular weight excluding hydrogens is 192 g/mol. The number of carbonyl (C=O) groups is 1. The lowest BCUT2D eigenvalue weighted by Gasteiger charge is -2.27. The normalized spacial score (nSPS) is 21.3. The van der Waals surface area contributed by atoms with Crippen molar-refractivity contribution in [3.05, 3.63) is 29.8 Å². The molecule has 0 saturated heterocycles. The monoisotopic (exact) mass is 205 g/mol. The Kier molecular flexibility index (Phi) is 2.62. The Balaban J connectivity index is 2.15. The second-order valence-electron chi connectivity index (χ2n) is 3.91. The van der Waals surface area contributed by atoms with Crippen molar-refractivity contribution >= 4 is 5.97 Å². The number of carbonyl (C=O) groups excluding carboxylic acids is 1. The van der Waals surface area contributed by atoms with Gasteiger partial charge >= 0.3 is 5.97 Å². The number of rotatable bonds is 2. The first-order valence-electron chi connectivity index (χ1n) is 5.14. The van der Waals surface area contributed by atoms with Crippen molar-refractivity contribution in [1.82, 2.24) is 0 Å². The number of ether oxygens (including phenoxy) is 1. The Morgan fingerprint density at radius 2 is 2.20 bits per heavy atom. The van der Waals surface area contributed by atoms with Crippen LogP contribution in [0.1, 0.15) is 18.9 Å².